The molecular weight excluding hydrogens is 603 g/mol. The van der Waals surface area contributed by atoms with E-state index in [0.29, 0.717) is 32.6 Å². The molecule has 1 saturated carbocycles. The molecule has 1 aromatic carbocycles. The molecule has 9 nitrogen and oxygen atoms in total. The van der Waals surface area contributed by atoms with E-state index in [1.165, 1.54) is 7.11 Å². The van der Waals surface area contributed by atoms with Crippen molar-refractivity contribution < 1.29 is 34.4 Å². The molecule has 0 spiro atoms. The predicted molar refractivity (Wildman–Crippen MR) is 152 cm³/mol. The number of carbonyl (C=O) groups excluding carboxylic acids is 2. The van der Waals surface area contributed by atoms with Gasteiger partial charge in [-0.3, -0.25) is 9.59 Å². The van der Waals surface area contributed by atoms with Crippen LogP contribution in [0, 0.1) is 3.57 Å². The van der Waals surface area contributed by atoms with Crippen LogP contribution in [0.2, 0.25) is 0 Å². The van der Waals surface area contributed by atoms with Crippen molar-refractivity contribution in [2.24, 2.45) is 0 Å². The van der Waals surface area contributed by atoms with Crippen LogP contribution >= 0.6 is 22.6 Å². The highest BCUT2D eigenvalue weighted by Gasteiger charge is 2.43. The van der Waals surface area contributed by atoms with Crippen LogP contribution in [0.25, 0.3) is 0 Å². The van der Waals surface area contributed by atoms with Crippen LogP contribution in [0.3, 0.4) is 0 Å². The van der Waals surface area contributed by atoms with Crippen molar-refractivity contribution in [3.8, 4) is 11.5 Å². The van der Waals surface area contributed by atoms with Gasteiger partial charge in [-0.1, -0.05) is 32.3 Å². The summed E-state index contributed by atoms with van der Waals surface area (Å²) in [5.41, 5.74) is 1.03. The highest BCUT2D eigenvalue weighted by Crippen LogP contribution is 2.38. The first kappa shape index (κ1) is 30.4. The molecule has 3 rings (SSSR count). The van der Waals surface area contributed by atoms with Gasteiger partial charge in [-0.2, -0.15) is 0 Å². The summed E-state index contributed by atoms with van der Waals surface area (Å²) >= 11 is 2.08. The van der Waals surface area contributed by atoms with Crippen molar-refractivity contribution in [1.82, 2.24) is 10.2 Å². The van der Waals surface area contributed by atoms with Crippen LogP contribution in [0.4, 0.5) is 0 Å². The zero-order valence-corrected chi connectivity index (χ0v) is 24.2. The Morgan fingerprint density at radius 3 is 2.58 bits per heavy atom. The standard InChI is InChI=1S/C28H39IN2O7/c1-3-4-10-25(34)31(20-8-6-5-7-9-20)22-15-19(28(36)30-11-12-32)16-23(26(22)35)38-27-21(29)13-18(17-33)14-24(27)37-2/h4,10,13-14,16,20,22-23,26,32-33,35H,3,5-9,11-12,15,17H2,1-2H3,(H,30,36). The van der Waals surface area contributed by atoms with Gasteiger partial charge in [0.05, 0.1) is 29.9 Å². The fourth-order valence-electron chi connectivity index (χ4n) is 5.14. The van der Waals surface area contributed by atoms with Crippen molar-refractivity contribution in [2.75, 3.05) is 20.3 Å². The Labute approximate surface area is 238 Å². The number of hydrogen-bond acceptors (Lipinski definition) is 7. The molecule has 2 aliphatic rings. The lowest BCUT2D eigenvalue weighted by atomic mass is 9.85. The van der Waals surface area contributed by atoms with E-state index in [2.05, 4.69) is 27.9 Å². The number of rotatable bonds is 11. The highest BCUT2D eigenvalue weighted by atomic mass is 127. The summed E-state index contributed by atoms with van der Waals surface area (Å²) in [5.74, 6) is 0.212. The number of amides is 2. The second-order valence-corrected chi connectivity index (χ2v) is 10.8. The molecule has 0 radical (unpaired) electrons. The number of allylic oxidation sites excluding steroid dienone is 1. The number of ether oxygens (including phenoxy) is 2. The minimum atomic E-state index is -1.11. The van der Waals surface area contributed by atoms with E-state index in [9.17, 15) is 24.9 Å². The first-order chi connectivity index (χ1) is 18.3. The van der Waals surface area contributed by atoms with Gasteiger partial charge in [0.25, 0.3) is 0 Å². The molecule has 0 aliphatic heterocycles. The van der Waals surface area contributed by atoms with E-state index in [-0.39, 0.29) is 44.0 Å². The molecule has 3 atom stereocenters. The van der Waals surface area contributed by atoms with Crippen LogP contribution in [-0.2, 0) is 16.2 Å². The molecule has 0 saturated heterocycles. The lowest BCUT2D eigenvalue weighted by Crippen LogP contribution is -2.58. The Balaban J connectivity index is 2.03. The Kier molecular flexibility index (Phi) is 11.9. The Bertz CT molecular complexity index is 1020. The van der Waals surface area contributed by atoms with Crippen LogP contribution in [0.1, 0.15) is 57.4 Å². The van der Waals surface area contributed by atoms with E-state index in [4.69, 9.17) is 9.47 Å². The van der Waals surface area contributed by atoms with Crippen LogP contribution < -0.4 is 14.8 Å². The smallest absolute Gasteiger partial charge is 0.247 e. The van der Waals surface area contributed by atoms with Crippen molar-refractivity contribution >= 4 is 34.4 Å². The van der Waals surface area contributed by atoms with E-state index in [1.807, 2.05) is 13.0 Å². The van der Waals surface area contributed by atoms with Crippen LogP contribution in [0.15, 0.2) is 35.9 Å². The average molecular weight is 643 g/mol. The third-order valence-electron chi connectivity index (χ3n) is 7.02. The summed E-state index contributed by atoms with van der Waals surface area (Å²) in [5, 5.41) is 33.1. The van der Waals surface area contributed by atoms with Gasteiger partial charge in [0.1, 0.15) is 12.2 Å². The zero-order chi connectivity index (χ0) is 27.7. The maximum Gasteiger partial charge on any atom is 0.247 e. The molecule has 0 heterocycles. The third-order valence-corrected chi connectivity index (χ3v) is 7.82. The first-order valence-electron chi connectivity index (χ1n) is 13.2. The SMILES string of the molecule is CCC=CC(=O)N(C1CCCCC1)C1CC(C(=O)NCCO)=CC(Oc2c(I)cc(CO)cc2OC)C1O. The van der Waals surface area contributed by atoms with Gasteiger partial charge in [-0.15, -0.1) is 0 Å². The van der Waals surface area contributed by atoms with Gasteiger partial charge in [0, 0.05) is 24.6 Å². The molecule has 3 unspecified atom stereocenters. The van der Waals surface area contributed by atoms with Crippen molar-refractivity contribution in [2.45, 2.75) is 82.8 Å². The summed E-state index contributed by atoms with van der Waals surface area (Å²) in [6, 6.07) is 2.70. The summed E-state index contributed by atoms with van der Waals surface area (Å²) in [4.78, 5) is 28.3. The number of nitrogens with one attached hydrogen (secondary N) is 1. The number of aliphatic hydroxyl groups is 3. The Morgan fingerprint density at radius 1 is 1.21 bits per heavy atom. The zero-order valence-electron chi connectivity index (χ0n) is 22.1. The van der Waals surface area contributed by atoms with Gasteiger partial charge < -0.3 is 35.0 Å². The van der Waals surface area contributed by atoms with Gasteiger partial charge in [-0.25, -0.2) is 0 Å². The summed E-state index contributed by atoms with van der Waals surface area (Å²) in [6.45, 7) is 1.68. The molecule has 2 amide bonds. The number of carbonyl (C=O) groups is 2. The number of nitrogens with zero attached hydrogens (tertiary/aromatic N) is 1. The molecule has 0 aromatic heterocycles. The van der Waals surface area contributed by atoms with E-state index < -0.39 is 18.2 Å². The van der Waals surface area contributed by atoms with Crippen molar-refractivity contribution in [1.29, 1.82) is 0 Å². The topological polar surface area (TPSA) is 129 Å². The first-order valence-corrected chi connectivity index (χ1v) is 14.3. The van der Waals surface area contributed by atoms with Gasteiger partial charge >= 0.3 is 0 Å². The summed E-state index contributed by atoms with van der Waals surface area (Å²) in [7, 11) is 1.49. The summed E-state index contributed by atoms with van der Waals surface area (Å²) < 4.78 is 12.5. The maximum atomic E-state index is 13.5. The second kappa shape index (κ2) is 14.9. The minimum Gasteiger partial charge on any atom is -0.493 e. The fourth-order valence-corrected chi connectivity index (χ4v) is 5.93. The fraction of sp³-hybridized carbons (Fsp3) is 0.571. The van der Waals surface area contributed by atoms with Crippen molar-refractivity contribution in [3.63, 3.8) is 0 Å². The van der Waals surface area contributed by atoms with Gasteiger partial charge in [0.15, 0.2) is 11.5 Å². The lowest BCUT2D eigenvalue weighted by Gasteiger charge is -2.45. The molecule has 4 N–H and O–H groups in total. The number of benzene rings is 1. The van der Waals surface area contributed by atoms with E-state index in [0.717, 1.165) is 32.1 Å². The van der Waals surface area contributed by atoms with Crippen LogP contribution in [-0.4, -0.2) is 76.6 Å². The largest absolute Gasteiger partial charge is 0.493 e. The monoisotopic (exact) mass is 642 g/mol. The number of aliphatic hydroxyl groups excluding tert-OH is 3. The van der Waals surface area contributed by atoms with E-state index in [1.54, 1.807) is 29.2 Å². The molecular formula is C28H39IN2O7. The molecule has 2 aliphatic carbocycles. The molecule has 10 heteroatoms. The maximum absolute atomic E-state index is 13.5. The average Bonchev–Trinajstić information content (AvgIpc) is 2.93. The highest BCUT2D eigenvalue weighted by molar-refractivity contribution is 14.1. The molecule has 38 heavy (non-hydrogen) atoms. The number of methoxy groups -OCH3 is 1. The Hall–Kier alpha value is -2.15. The van der Waals surface area contributed by atoms with Gasteiger partial charge in [0.2, 0.25) is 11.8 Å². The van der Waals surface area contributed by atoms with Crippen molar-refractivity contribution in [3.05, 3.63) is 45.1 Å². The number of halogens is 1. The molecule has 210 valence electrons. The second-order valence-electron chi connectivity index (χ2n) is 9.63. The predicted octanol–water partition coefficient (Wildman–Crippen LogP) is 2.84. The molecule has 1 fully saturated rings. The third kappa shape index (κ3) is 7.49. The molecule has 1 aromatic rings. The molecule has 0 bridgehead atoms. The lowest BCUT2D eigenvalue weighted by molar-refractivity contribution is -0.138. The Morgan fingerprint density at radius 2 is 1.95 bits per heavy atom. The quantitative estimate of drug-likeness (QED) is 0.216. The minimum absolute atomic E-state index is 0.0450. The van der Waals surface area contributed by atoms with Gasteiger partial charge in [-0.05, 0) is 71.7 Å². The normalized spacial score (nSPS) is 22.2. The van der Waals surface area contributed by atoms with E-state index >= 15 is 0 Å². The number of hydrogen-bond donors (Lipinski definition) is 4. The van der Waals surface area contributed by atoms with Crippen LogP contribution in [0.5, 0.6) is 11.5 Å². The summed E-state index contributed by atoms with van der Waals surface area (Å²) in [6.07, 6.45) is 8.56.